The van der Waals surface area contributed by atoms with Gasteiger partial charge in [0, 0.05) is 32.2 Å². The van der Waals surface area contributed by atoms with Crippen LogP contribution in [0, 0.1) is 6.92 Å². The van der Waals surface area contributed by atoms with Crippen molar-refractivity contribution in [3.8, 4) is 0 Å². The zero-order chi connectivity index (χ0) is 18.7. The molecule has 0 aromatic heterocycles. The maximum absolute atomic E-state index is 12.9. The van der Waals surface area contributed by atoms with Crippen molar-refractivity contribution in [3.05, 3.63) is 65.7 Å². The van der Waals surface area contributed by atoms with Crippen LogP contribution in [0.4, 0.5) is 0 Å². The van der Waals surface area contributed by atoms with Crippen molar-refractivity contribution in [1.29, 1.82) is 0 Å². The number of sulfonamides is 1. The van der Waals surface area contributed by atoms with Crippen molar-refractivity contribution in [2.45, 2.75) is 30.9 Å². The van der Waals surface area contributed by atoms with Crippen LogP contribution in [0.3, 0.4) is 0 Å². The van der Waals surface area contributed by atoms with Gasteiger partial charge in [0.25, 0.3) is 0 Å². The van der Waals surface area contributed by atoms with Crippen LogP contribution in [-0.4, -0.2) is 55.0 Å². The summed E-state index contributed by atoms with van der Waals surface area (Å²) in [6, 6.07) is 16.4. The Labute approximate surface area is 155 Å². The van der Waals surface area contributed by atoms with E-state index in [1.807, 2.05) is 56.3 Å². The van der Waals surface area contributed by atoms with Crippen molar-refractivity contribution in [3.63, 3.8) is 0 Å². The molecule has 0 spiro atoms. The van der Waals surface area contributed by atoms with E-state index in [1.54, 1.807) is 16.4 Å². The fourth-order valence-corrected chi connectivity index (χ4v) is 5.02. The zero-order valence-electron chi connectivity index (χ0n) is 15.2. The molecular formula is C20H26N2O3S. The minimum Gasteiger partial charge on any atom is -0.387 e. The predicted octanol–water partition coefficient (Wildman–Crippen LogP) is 2.42. The average molecular weight is 375 g/mol. The first-order valence-corrected chi connectivity index (χ1v) is 10.4. The highest BCUT2D eigenvalue weighted by molar-refractivity contribution is 7.89. The van der Waals surface area contributed by atoms with Gasteiger partial charge in [0.05, 0.1) is 11.0 Å². The topological polar surface area (TPSA) is 60.9 Å². The standard InChI is InChI=1S/C20H26N2O3S/c1-16-8-10-19(11-9-16)26(24,25)22-13-12-21(14-17(22)2)15-20(23)18-6-4-3-5-7-18/h3-11,17,20,23H,12-15H2,1-2H3/t17-,20?/m1/s1. The first-order valence-electron chi connectivity index (χ1n) is 8.92. The summed E-state index contributed by atoms with van der Waals surface area (Å²) in [4.78, 5) is 2.47. The lowest BCUT2D eigenvalue weighted by atomic mass is 10.1. The van der Waals surface area contributed by atoms with Gasteiger partial charge in [-0.05, 0) is 31.5 Å². The van der Waals surface area contributed by atoms with Gasteiger partial charge in [0.2, 0.25) is 10.0 Å². The molecule has 5 nitrogen and oxygen atoms in total. The van der Waals surface area contributed by atoms with E-state index in [2.05, 4.69) is 4.90 Å². The molecule has 26 heavy (non-hydrogen) atoms. The Bertz CT molecular complexity index is 822. The highest BCUT2D eigenvalue weighted by Gasteiger charge is 2.34. The molecule has 140 valence electrons. The second-order valence-corrected chi connectivity index (χ2v) is 8.85. The van der Waals surface area contributed by atoms with E-state index in [-0.39, 0.29) is 6.04 Å². The highest BCUT2D eigenvalue weighted by atomic mass is 32.2. The third kappa shape index (κ3) is 4.15. The maximum Gasteiger partial charge on any atom is 0.243 e. The summed E-state index contributed by atoms with van der Waals surface area (Å²) < 4.78 is 27.4. The van der Waals surface area contributed by atoms with Gasteiger partial charge in [-0.2, -0.15) is 4.31 Å². The minimum absolute atomic E-state index is 0.141. The summed E-state index contributed by atoms with van der Waals surface area (Å²) in [7, 11) is -3.49. The largest absolute Gasteiger partial charge is 0.387 e. The van der Waals surface area contributed by atoms with Crippen molar-refractivity contribution in [1.82, 2.24) is 9.21 Å². The highest BCUT2D eigenvalue weighted by Crippen LogP contribution is 2.23. The van der Waals surface area contributed by atoms with Crippen molar-refractivity contribution >= 4 is 10.0 Å². The van der Waals surface area contributed by atoms with Gasteiger partial charge in [-0.3, -0.25) is 4.90 Å². The maximum atomic E-state index is 12.9. The van der Waals surface area contributed by atoms with E-state index in [1.165, 1.54) is 0 Å². The number of nitrogens with zero attached hydrogens (tertiary/aromatic N) is 2. The smallest absolute Gasteiger partial charge is 0.243 e. The molecule has 3 rings (SSSR count). The third-order valence-electron chi connectivity index (χ3n) is 4.89. The molecule has 6 heteroatoms. The monoisotopic (exact) mass is 374 g/mol. The molecule has 1 heterocycles. The van der Waals surface area contributed by atoms with E-state index >= 15 is 0 Å². The number of piperazine rings is 1. The molecule has 1 aliphatic rings. The van der Waals surface area contributed by atoms with E-state index in [0.29, 0.717) is 31.1 Å². The Kier molecular flexibility index (Phi) is 5.77. The Morgan fingerprint density at radius 2 is 1.73 bits per heavy atom. The Balaban J connectivity index is 1.65. The van der Waals surface area contributed by atoms with Gasteiger partial charge >= 0.3 is 0 Å². The van der Waals surface area contributed by atoms with E-state index in [9.17, 15) is 13.5 Å². The SMILES string of the molecule is Cc1ccc(S(=O)(=O)N2CCN(CC(O)c3ccccc3)C[C@H]2C)cc1. The third-order valence-corrected chi connectivity index (χ3v) is 6.92. The number of aryl methyl sites for hydroxylation is 1. The molecular weight excluding hydrogens is 348 g/mol. The Morgan fingerprint density at radius 3 is 2.35 bits per heavy atom. The van der Waals surface area contributed by atoms with Gasteiger partial charge in [0.1, 0.15) is 0 Å². The molecule has 1 N–H and O–H groups in total. The first kappa shape index (κ1) is 19.0. The number of benzene rings is 2. The van der Waals surface area contributed by atoms with E-state index in [4.69, 9.17) is 0 Å². The molecule has 0 amide bonds. The predicted molar refractivity (Wildman–Crippen MR) is 102 cm³/mol. The lowest BCUT2D eigenvalue weighted by Gasteiger charge is -2.39. The van der Waals surface area contributed by atoms with Crippen LogP contribution in [0.1, 0.15) is 24.2 Å². The summed E-state index contributed by atoms with van der Waals surface area (Å²) in [5.41, 5.74) is 1.92. The normalized spacial score (nSPS) is 20.8. The number of hydrogen-bond donors (Lipinski definition) is 1. The molecule has 0 radical (unpaired) electrons. The molecule has 1 unspecified atom stereocenters. The second kappa shape index (κ2) is 7.88. The Hall–Kier alpha value is -1.73. The van der Waals surface area contributed by atoms with Gasteiger partial charge < -0.3 is 5.11 Å². The first-order chi connectivity index (χ1) is 12.4. The average Bonchev–Trinajstić information content (AvgIpc) is 2.62. The molecule has 0 aliphatic carbocycles. The molecule has 2 atom stereocenters. The molecule has 1 saturated heterocycles. The lowest BCUT2D eigenvalue weighted by molar-refractivity contribution is 0.0750. The van der Waals surface area contributed by atoms with E-state index < -0.39 is 16.1 Å². The number of aliphatic hydroxyl groups is 1. The lowest BCUT2D eigenvalue weighted by Crippen LogP contribution is -2.54. The van der Waals surface area contributed by atoms with Crippen LogP contribution in [0.15, 0.2) is 59.5 Å². The number of aliphatic hydroxyl groups excluding tert-OH is 1. The van der Waals surface area contributed by atoms with Crippen LogP contribution in [-0.2, 0) is 10.0 Å². The molecule has 2 aromatic carbocycles. The van der Waals surface area contributed by atoms with Crippen LogP contribution in [0.2, 0.25) is 0 Å². The molecule has 0 bridgehead atoms. The van der Waals surface area contributed by atoms with Gasteiger partial charge in [0.15, 0.2) is 0 Å². The van der Waals surface area contributed by atoms with Crippen molar-refractivity contribution in [2.75, 3.05) is 26.2 Å². The van der Waals surface area contributed by atoms with Crippen molar-refractivity contribution in [2.24, 2.45) is 0 Å². The fourth-order valence-electron chi connectivity index (χ4n) is 3.41. The number of rotatable bonds is 5. The number of β-amino-alcohol motifs (C(OH)–C–C–N with tert-alkyl or cyclic N) is 1. The minimum atomic E-state index is -3.49. The van der Waals surface area contributed by atoms with Gasteiger partial charge in [-0.25, -0.2) is 8.42 Å². The van der Waals surface area contributed by atoms with Crippen LogP contribution in [0.5, 0.6) is 0 Å². The quantitative estimate of drug-likeness (QED) is 0.873. The summed E-state index contributed by atoms with van der Waals surface area (Å²) in [6.45, 7) is 6.02. The summed E-state index contributed by atoms with van der Waals surface area (Å²) in [5, 5.41) is 10.4. The molecule has 1 aliphatic heterocycles. The summed E-state index contributed by atoms with van der Waals surface area (Å²) >= 11 is 0. The van der Waals surface area contributed by atoms with Gasteiger partial charge in [-0.1, -0.05) is 48.0 Å². The van der Waals surface area contributed by atoms with E-state index in [0.717, 1.165) is 11.1 Å². The second-order valence-electron chi connectivity index (χ2n) is 6.96. The number of hydrogen-bond acceptors (Lipinski definition) is 4. The molecule has 2 aromatic rings. The summed E-state index contributed by atoms with van der Waals surface area (Å²) in [6.07, 6.45) is -0.566. The van der Waals surface area contributed by atoms with Crippen LogP contribution >= 0.6 is 0 Å². The van der Waals surface area contributed by atoms with Crippen molar-refractivity contribution < 1.29 is 13.5 Å². The zero-order valence-corrected chi connectivity index (χ0v) is 16.1. The van der Waals surface area contributed by atoms with Crippen LogP contribution in [0.25, 0.3) is 0 Å². The fraction of sp³-hybridized carbons (Fsp3) is 0.400. The summed E-state index contributed by atoms with van der Waals surface area (Å²) in [5.74, 6) is 0. The van der Waals surface area contributed by atoms with Gasteiger partial charge in [-0.15, -0.1) is 0 Å². The molecule has 1 fully saturated rings. The molecule has 0 saturated carbocycles. The van der Waals surface area contributed by atoms with Crippen LogP contribution < -0.4 is 0 Å². The Morgan fingerprint density at radius 1 is 1.08 bits per heavy atom.